The zero-order valence-electron chi connectivity index (χ0n) is 10.8. The molecule has 0 spiro atoms. The van der Waals surface area contributed by atoms with Gasteiger partial charge in [0.25, 0.3) is 0 Å². The summed E-state index contributed by atoms with van der Waals surface area (Å²) in [5, 5.41) is 0. The molecule has 3 aromatic rings. The first kappa shape index (κ1) is 11.6. The number of imidazole rings is 1. The molecule has 0 aliphatic heterocycles. The molecule has 0 saturated carbocycles. The van der Waals surface area contributed by atoms with Crippen molar-refractivity contribution >= 4 is 22.7 Å². The average Bonchev–Trinajstić information content (AvgIpc) is 2.71. The molecule has 0 bridgehead atoms. The monoisotopic (exact) mass is 252 g/mol. The van der Waals surface area contributed by atoms with Crippen molar-refractivity contribution in [3.8, 4) is 0 Å². The zero-order valence-corrected chi connectivity index (χ0v) is 10.8. The Hall–Kier alpha value is -2.49. The smallest absolute Gasteiger partial charge is 0.201 e. The minimum atomic E-state index is 0.528. The SMILES string of the molecule is Cc1ccc(Cn2c(N)nc3ccccc32)cc1N. The Morgan fingerprint density at radius 1 is 1.11 bits per heavy atom. The standard InChI is InChI=1S/C15H16N4/c1-10-6-7-11(8-12(10)16)9-19-14-5-3-2-4-13(14)18-15(19)17/h2-8H,9,16H2,1H3,(H2,17,18). The van der Waals surface area contributed by atoms with E-state index in [1.165, 1.54) is 0 Å². The summed E-state index contributed by atoms with van der Waals surface area (Å²) in [5.74, 6) is 0.528. The molecule has 0 fully saturated rings. The predicted molar refractivity (Wildman–Crippen MR) is 78.8 cm³/mol. The highest BCUT2D eigenvalue weighted by molar-refractivity contribution is 5.78. The van der Waals surface area contributed by atoms with E-state index >= 15 is 0 Å². The molecule has 0 unspecified atom stereocenters. The second-order valence-electron chi connectivity index (χ2n) is 4.74. The van der Waals surface area contributed by atoms with Crippen LogP contribution in [-0.4, -0.2) is 9.55 Å². The van der Waals surface area contributed by atoms with Gasteiger partial charge in [-0.1, -0.05) is 24.3 Å². The lowest BCUT2D eigenvalue weighted by molar-refractivity contribution is 0.838. The molecule has 1 aromatic heterocycles. The van der Waals surface area contributed by atoms with Gasteiger partial charge in [-0.15, -0.1) is 0 Å². The van der Waals surface area contributed by atoms with Crippen LogP contribution < -0.4 is 11.5 Å². The number of para-hydroxylation sites is 2. The Morgan fingerprint density at radius 2 is 1.89 bits per heavy atom. The maximum atomic E-state index is 5.99. The quantitative estimate of drug-likeness (QED) is 0.689. The highest BCUT2D eigenvalue weighted by Gasteiger charge is 2.08. The van der Waals surface area contributed by atoms with Crippen molar-refractivity contribution in [2.75, 3.05) is 11.5 Å². The predicted octanol–water partition coefficient (Wildman–Crippen LogP) is 2.56. The first-order valence-electron chi connectivity index (χ1n) is 6.21. The molecule has 0 saturated heterocycles. The molecule has 1 heterocycles. The van der Waals surface area contributed by atoms with Crippen LogP contribution in [-0.2, 0) is 6.54 Å². The summed E-state index contributed by atoms with van der Waals surface area (Å²) in [7, 11) is 0. The fourth-order valence-corrected chi connectivity index (χ4v) is 2.23. The molecule has 2 aromatic carbocycles. The fraction of sp³-hybridized carbons (Fsp3) is 0.133. The van der Waals surface area contributed by atoms with Crippen molar-refractivity contribution in [1.82, 2.24) is 9.55 Å². The van der Waals surface area contributed by atoms with E-state index in [-0.39, 0.29) is 0 Å². The van der Waals surface area contributed by atoms with Crippen LogP contribution in [0.4, 0.5) is 11.6 Å². The molecule has 0 amide bonds. The third-order valence-corrected chi connectivity index (χ3v) is 3.37. The number of hydrogen-bond donors (Lipinski definition) is 2. The maximum Gasteiger partial charge on any atom is 0.201 e. The van der Waals surface area contributed by atoms with Gasteiger partial charge in [-0.3, -0.25) is 0 Å². The van der Waals surface area contributed by atoms with Crippen molar-refractivity contribution in [3.05, 3.63) is 53.6 Å². The average molecular weight is 252 g/mol. The molecule has 0 aliphatic carbocycles. The topological polar surface area (TPSA) is 69.9 Å². The molecule has 0 atom stereocenters. The zero-order chi connectivity index (χ0) is 13.4. The summed E-state index contributed by atoms with van der Waals surface area (Å²) in [4.78, 5) is 4.36. The lowest BCUT2D eigenvalue weighted by Gasteiger charge is -2.08. The third kappa shape index (κ3) is 2.01. The molecule has 0 radical (unpaired) electrons. The van der Waals surface area contributed by atoms with E-state index in [2.05, 4.69) is 11.1 Å². The lowest BCUT2D eigenvalue weighted by atomic mass is 10.1. The number of benzene rings is 2. The maximum absolute atomic E-state index is 5.99. The second kappa shape index (κ2) is 4.31. The molecule has 4 N–H and O–H groups in total. The Balaban J connectivity index is 2.05. The number of nitrogen functional groups attached to an aromatic ring is 2. The summed E-state index contributed by atoms with van der Waals surface area (Å²) in [6, 6.07) is 14.0. The van der Waals surface area contributed by atoms with Gasteiger partial charge < -0.3 is 16.0 Å². The molecule has 96 valence electrons. The largest absolute Gasteiger partial charge is 0.399 e. The molecule has 19 heavy (non-hydrogen) atoms. The molecule has 0 aliphatic rings. The highest BCUT2D eigenvalue weighted by atomic mass is 15.1. The number of hydrogen-bond acceptors (Lipinski definition) is 3. The normalized spacial score (nSPS) is 11.0. The Morgan fingerprint density at radius 3 is 2.68 bits per heavy atom. The summed E-state index contributed by atoms with van der Waals surface area (Å²) in [6.45, 7) is 2.68. The molecule has 4 nitrogen and oxygen atoms in total. The van der Waals surface area contributed by atoms with Gasteiger partial charge in [0, 0.05) is 5.69 Å². The van der Waals surface area contributed by atoms with Gasteiger partial charge in [-0.25, -0.2) is 4.98 Å². The number of aryl methyl sites for hydroxylation is 1. The van der Waals surface area contributed by atoms with E-state index in [9.17, 15) is 0 Å². The van der Waals surface area contributed by atoms with E-state index in [4.69, 9.17) is 11.5 Å². The van der Waals surface area contributed by atoms with Crippen LogP contribution in [0.25, 0.3) is 11.0 Å². The van der Waals surface area contributed by atoms with Crippen LogP contribution in [0.15, 0.2) is 42.5 Å². The number of nitrogens with two attached hydrogens (primary N) is 2. The Bertz CT molecular complexity index is 743. The molecular weight excluding hydrogens is 236 g/mol. The summed E-state index contributed by atoms with van der Waals surface area (Å²) in [5.41, 5.74) is 16.9. The van der Waals surface area contributed by atoms with Crippen LogP contribution in [0, 0.1) is 6.92 Å². The van der Waals surface area contributed by atoms with Crippen molar-refractivity contribution < 1.29 is 0 Å². The Kier molecular flexibility index (Phi) is 2.63. The first-order chi connectivity index (χ1) is 9.15. The van der Waals surface area contributed by atoms with Gasteiger partial charge in [0.2, 0.25) is 5.95 Å². The minimum Gasteiger partial charge on any atom is -0.399 e. The van der Waals surface area contributed by atoms with Gasteiger partial charge in [0.1, 0.15) is 0 Å². The van der Waals surface area contributed by atoms with E-state index in [1.807, 2.05) is 47.9 Å². The molecule has 4 heteroatoms. The van der Waals surface area contributed by atoms with E-state index in [0.717, 1.165) is 27.8 Å². The number of rotatable bonds is 2. The first-order valence-corrected chi connectivity index (χ1v) is 6.21. The number of fused-ring (bicyclic) bond motifs is 1. The van der Waals surface area contributed by atoms with Gasteiger partial charge in [-0.2, -0.15) is 0 Å². The molecular formula is C15H16N4. The van der Waals surface area contributed by atoms with Crippen LogP contribution in [0.3, 0.4) is 0 Å². The van der Waals surface area contributed by atoms with Crippen LogP contribution in [0.5, 0.6) is 0 Å². The van der Waals surface area contributed by atoms with Gasteiger partial charge in [-0.05, 0) is 36.2 Å². The number of nitrogens with zero attached hydrogens (tertiary/aromatic N) is 2. The minimum absolute atomic E-state index is 0.528. The van der Waals surface area contributed by atoms with E-state index in [1.54, 1.807) is 0 Å². The van der Waals surface area contributed by atoms with Crippen molar-refractivity contribution in [3.63, 3.8) is 0 Å². The van der Waals surface area contributed by atoms with Crippen molar-refractivity contribution in [1.29, 1.82) is 0 Å². The fourth-order valence-electron chi connectivity index (χ4n) is 2.23. The van der Waals surface area contributed by atoms with Gasteiger partial charge in [0.05, 0.1) is 17.6 Å². The van der Waals surface area contributed by atoms with E-state index in [0.29, 0.717) is 12.5 Å². The summed E-state index contributed by atoms with van der Waals surface area (Å²) in [6.07, 6.45) is 0. The van der Waals surface area contributed by atoms with Gasteiger partial charge in [0.15, 0.2) is 0 Å². The third-order valence-electron chi connectivity index (χ3n) is 3.37. The Labute approximate surface area is 111 Å². The lowest BCUT2D eigenvalue weighted by Crippen LogP contribution is -2.05. The van der Waals surface area contributed by atoms with Crippen molar-refractivity contribution in [2.24, 2.45) is 0 Å². The number of aromatic nitrogens is 2. The van der Waals surface area contributed by atoms with E-state index < -0.39 is 0 Å². The van der Waals surface area contributed by atoms with Crippen molar-refractivity contribution in [2.45, 2.75) is 13.5 Å². The second-order valence-corrected chi connectivity index (χ2v) is 4.74. The van der Waals surface area contributed by atoms with Crippen LogP contribution in [0.1, 0.15) is 11.1 Å². The van der Waals surface area contributed by atoms with Gasteiger partial charge >= 0.3 is 0 Å². The van der Waals surface area contributed by atoms with Crippen LogP contribution >= 0.6 is 0 Å². The van der Waals surface area contributed by atoms with Crippen LogP contribution in [0.2, 0.25) is 0 Å². The molecule has 3 rings (SSSR count). The number of anilines is 2. The summed E-state index contributed by atoms with van der Waals surface area (Å²) >= 11 is 0. The highest BCUT2D eigenvalue weighted by Crippen LogP contribution is 2.20. The summed E-state index contributed by atoms with van der Waals surface area (Å²) < 4.78 is 2.00.